The fourth-order valence-electron chi connectivity index (χ4n) is 3.98. The molecule has 1 atom stereocenters. The number of amides is 1. The molecule has 31 heavy (non-hydrogen) atoms. The van der Waals surface area contributed by atoms with E-state index in [9.17, 15) is 24.9 Å². The summed E-state index contributed by atoms with van der Waals surface area (Å²) in [6, 6.07) is 18.8. The maximum absolute atomic E-state index is 13.0. The largest absolute Gasteiger partial charge is 0.502 e. The number of aromatic hydroxyl groups is 1. The molecule has 0 radical (unpaired) electrons. The van der Waals surface area contributed by atoms with Crippen LogP contribution in [-0.2, 0) is 0 Å². The molecule has 1 aromatic heterocycles. The van der Waals surface area contributed by atoms with Crippen molar-refractivity contribution in [3.63, 3.8) is 0 Å². The first-order valence-corrected chi connectivity index (χ1v) is 9.83. The van der Waals surface area contributed by atoms with E-state index in [0.717, 1.165) is 11.1 Å². The predicted molar refractivity (Wildman–Crippen MR) is 114 cm³/mol. The Balaban J connectivity index is 2.04. The lowest BCUT2D eigenvalue weighted by Crippen LogP contribution is -2.60. The third-order valence-electron chi connectivity index (χ3n) is 5.68. The van der Waals surface area contributed by atoms with Crippen LogP contribution in [0.15, 0.2) is 71.7 Å². The SMILES string of the molecule is CC1N(C)C(=O)c2c(O)c(=O)c(C(O)O)cn2N1C(c1ccccc1)c1ccccc1. The normalized spacial score (nSPS) is 16.2. The zero-order valence-corrected chi connectivity index (χ0v) is 17.1. The number of carbonyl (C=O) groups excluding carboxylic acids is 1. The van der Waals surface area contributed by atoms with Crippen LogP contribution in [0.3, 0.4) is 0 Å². The Morgan fingerprint density at radius 2 is 1.42 bits per heavy atom. The smallest absolute Gasteiger partial charge is 0.277 e. The van der Waals surface area contributed by atoms with Crippen molar-refractivity contribution in [1.82, 2.24) is 9.58 Å². The van der Waals surface area contributed by atoms with Crippen LogP contribution < -0.4 is 10.4 Å². The molecule has 1 aliphatic rings. The minimum absolute atomic E-state index is 0.230. The van der Waals surface area contributed by atoms with Gasteiger partial charge in [0.2, 0.25) is 5.43 Å². The molecule has 0 saturated carbocycles. The van der Waals surface area contributed by atoms with Crippen molar-refractivity contribution in [1.29, 1.82) is 0 Å². The molecular formula is C23H23N3O5. The van der Waals surface area contributed by atoms with Crippen LogP contribution in [0, 0.1) is 0 Å². The summed E-state index contributed by atoms with van der Waals surface area (Å²) in [5, 5.41) is 31.8. The van der Waals surface area contributed by atoms with E-state index in [4.69, 9.17) is 0 Å². The Morgan fingerprint density at radius 3 is 1.90 bits per heavy atom. The first kappa shape index (κ1) is 20.6. The number of aliphatic hydroxyl groups is 2. The first-order valence-electron chi connectivity index (χ1n) is 9.83. The monoisotopic (exact) mass is 421 g/mol. The van der Waals surface area contributed by atoms with Gasteiger partial charge in [0, 0.05) is 13.2 Å². The number of pyridine rings is 1. The number of hydrogen-bond acceptors (Lipinski definition) is 6. The minimum Gasteiger partial charge on any atom is -0.502 e. The van der Waals surface area contributed by atoms with Gasteiger partial charge in [-0.3, -0.25) is 19.3 Å². The molecule has 3 N–H and O–H groups in total. The number of aliphatic hydroxyl groups excluding tert-OH is 1. The minimum atomic E-state index is -2.10. The highest BCUT2D eigenvalue weighted by Gasteiger charge is 2.40. The average molecular weight is 421 g/mol. The molecule has 8 heteroatoms. The average Bonchev–Trinajstić information content (AvgIpc) is 2.78. The molecule has 0 spiro atoms. The lowest BCUT2D eigenvalue weighted by Gasteiger charge is -2.47. The molecule has 2 heterocycles. The van der Waals surface area contributed by atoms with E-state index in [-0.39, 0.29) is 5.69 Å². The summed E-state index contributed by atoms with van der Waals surface area (Å²) in [5.41, 5.74) is 0.188. The van der Waals surface area contributed by atoms with Gasteiger partial charge in [0.1, 0.15) is 6.17 Å². The van der Waals surface area contributed by atoms with Gasteiger partial charge < -0.3 is 20.2 Å². The van der Waals surface area contributed by atoms with Crippen LogP contribution in [0.1, 0.15) is 46.4 Å². The molecule has 160 valence electrons. The van der Waals surface area contributed by atoms with Gasteiger partial charge in [-0.05, 0) is 18.1 Å². The predicted octanol–water partition coefficient (Wildman–Crippen LogP) is 1.70. The van der Waals surface area contributed by atoms with Gasteiger partial charge in [-0.25, -0.2) is 0 Å². The van der Waals surface area contributed by atoms with Gasteiger partial charge in [0.25, 0.3) is 5.91 Å². The summed E-state index contributed by atoms with van der Waals surface area (Å²) >= 11 is 0. The zero-order chi connectivity index (χ0) is 22.3. The van der Waals surface area contributed by atoms with E-state index >= 15 is 0 Å². The highest BCUT2D eigenvalue weighted by atomic mass is 16.5. The van der Waals surface area contributed by atoms with E-state index < -0.39 is 41.1 Å². The van der Waals surface area contributed by atoms with Gasteiger partial charge in [0.05, 0.1) is 11.6 Å². The molecule has 0 fully saturated rings. The maximum atomic E-state index is 13.0. The topological polar surface area (TPSA) is 106 Å². The fraction of sp³-hybridized carbons (Fsp3) is 0.217. The summed E-state index contributed by atoms with van der Waals surface area (Å²) in [6.45, 7) is 1.82. The van der Waals surface area contributed by atoms with Crippen molar-refractivity contribution in [2.24, 2.45) is 0 Å². The van der Waals surface area contributed by atoms with Crippen molar-refractivity contribution in [3.05, 3.63) is 99.5 Å². The van der Waals surface area contributed by atoms with Crippen LogP contribution in [0.25, 0.3) is 0 Å². The van der Waals surface area contributed by atoms with E-state index in [0.29, 0.717) is 0 Å². The molecule has 2 aromatic carbocycles. The highest BCUT2D eigenvalue weighted by Crippen LogP contribution is 2.34. The summed E-state index contributed by atoms with van der Waals surface area (Å²) < 4.78 is 1.36. The summed E-state index contributed by atoms with van der Waals surface area (Å²) in [6.07, 6.45) is -1.38. The number of rotatable bonds is 4. The lowest BCUT2D eigenvalue weighted by molar-refractivity contribution is -0.0441. The highest BCUT2D eigenvalue weighted by molar-refractivity contribution is 5.96. The van der Waals surface area contributed by atoms with Crippen LogP contribution in [0.5, 0.6) is 5.75 Å². The summed E-state index contributed by atoms with van der Waals surface area (Å²) in [7, 11) is 1.59. The number of aromatic nitrogens is 1. The maximum Gasteiger partial charge on any atom is 0.277 e. The van der Waals surface area contributed by atoms with E-state index in [2.05, 4.69) is 0 Å². The number of benzene rings is 2. The molecule has 3 aromatic rings. The lowest BCUT2D eigenvalue weighted by atomic mass is 9.97. The quantitative estimate of drug-likeness (QED) is 0.554. The van der Waals surface area contributed by atoms with Crippen LogP contribution in [0.2, 0.25) is 0 Å². The van der Waals surface area contributed by atoms with Gasteiger partial charge >= 0.3 is 0 Å². The fourth-order valence-corrected chi connectivity index (χ4v) is 3.98. The zero-order valence-electron chi connectivity index (χ0n) is 17.1. The number of carbonyl (C=O) groups is 1. The molecule has 1 amide bonds. The molecule has 1 aliphatic heterocycles. The molecule has 4 rings (SSSR count). The van der Waals surface area contributed by atoms with E-state index in [1.807, 2.05) is 72.6 Å². The number of fused-ring (bicyclic) bond motifs is 1. The Bertz CT molecular complexity index is 1120. The molecule has 8 nitrogen and oxygen atoms in total. The second kappa shape index (κ2) is 7.90. The van der Waals surface area contributed by atoms with Crippen molar-refractivity contribution in [2.45, 2.75) is 25.4 Å². The van der Waals surface area contributed by atoms with Crippen molar-refractivity contribution in [3.8, 4) is 5.75 Å². The van der Waals surface area contributed by atoms with E-state index in [1.54, 1.807) is 7.05 Å². The molecule has 1 unspecified atom stereocenters. The van der Waals surface area contributed by atoms with Crippen LogP contribution in [0.4, 0.5) is 0 Å². The third kappa shape index (κ3) is 3.35. The molecular weight excluding hydrogens is 398 g/mol. The number of nitrogens with zero attached hydrogens (tertiary/aromatic N) is 3. The van der Waals surface area contributed by atoms with Gasteiger partial charge in [-0.15, -0.1) is 0 Å². The molecule has 0 aliphatic carbocycles. The van der Waals surface area contributed by atoms with Gasteiger partial charge in [-0.2, -0.15) is 0 Å². The second-order valence-electron chi connectivity index (χ2n) is 7.48. The van der Waals surface area contributed by atoms with Crippen LogP contribution >= 0.6 is 0 Å². The number of hydrogen-bond donors (Lipinski definition) is 3. The van der Waals surface area contributed by atoms with Gasteiger partial charge in [-0.1, -0.05) is 60.7 Å². The molecule has 0 bridgehead atoms. The van der Waals surface area contributed by atoms with Gasteiger partial charge in [0.15, 0.2) is 17.7 Å². The Hall–Kier alpha value is -3.62. The Kier molecular flexibility index (Phi) is 5.26. The Morgan fingerprint density at radius 1 is 0.903 bits per heavy atom. The standard InChI is InChI=1S/C23H23N3O5/c1-14-24(2)22(29)19-21(28)20(27)17(23(30)31)13-25(19)26(14)18(15-9-5-3-6-10-15)16-11-7-4-8-12-16/h3-14,18,23,28,30-31H,1-2H3. The van der Waals surface area contributed by atoms with Crippen molar-refractivity contribution < 1.29 is 20.1 Å². The second-order valence-corrected chi connectivity index (χ2v) is 7.48. The Labute approximate surface area is 178 Å². The molecule has 0 saturated heterocycles. The van der Waals surface area contributed by atoms with E-state index in [1.165, 1.54) is 15.8 Å². The first-order chi connectivity index (χ1) is 14.8. The third-order valence-corrected chi connectivity index (χ3v) is 5.68. The summed E-state index contributed by atoms with van der Waals surface area (Å²) in [4.78, 5) is 26.9. The summed E-state index contributed by atoms with van der Waals surface area (Å²) in [5.74, 6) is -1.36. The van der Waals surface area contributed by atoms with Crippen LogP contribution in [-0.4, -0.2) is 44.0 Å². The van der Waals surface area contributed by atoms with Crippen molar-refractivity contribution >= 4 is 5.91 Å². The van der Waals surface area contributed by atoms with Crippen molar-refractivity contribution in [2.75, 3.05) is 12.1 Å².